The Morgan fingerprint density at radius 2 is 2.12 bits per heavy atom. The fourth-order valence-corrected chi connectivity index (χ4v) is 2.65. The van der Waals surface area contributed by atoms with Gasteiger partial charge in [-0.3, -0.25) is 9.48 Å². The average Bonchev–Trinajstić information content (AvgIpc) is 3.01. The second-order valence-corrected chi connectivity index (χ2v) is 8.94. The first-order valence-electron chi connectivity index (χ1n) is 8.44. The number of carbonyl (C=O) groups is 1. The van der Waals surface area contributed by atoms with E-state index in [4.69, 9.17) is 9.47 Å². The van der Waals surface area contributed by atoms with Crippen molar-refractivity contribution >= 4 is 14.8 Å². The lowest BCUT2D eigenvalue weighted by molar-refractivity contribution is -0.143. The molecule has 0 amide bonds. The summed E-state index contributed by atoms with van der Waals surface area (Å²) in [4.78, 5) is 20.4. The van der Waals surface area contributed by atoms with Gasteiger partial charge in [0, 0.05) is 18.0 Å². The monoisotopic (exact) mass is 361 g/mol. The molecule has 0 saturated heterocycles. The highest BCUT2D eigenvalue weighted by Gasteiger charge is 2.13. The molecule has 8 heteroatoms. The molecule has 0 spiro atoms. The molecule has 7 nitrogen and oxygen atoms in total. The smallest absolute Gasteiger partial charge is 0.311 e. The Kier molecular flexibility index (Phi) is 7.11. The summed E-state index contributed by atoms with van der Waals surface area (Å²) in [6, 6.07) is 2.92. The Hall–Kier alpha value is -2.22. The van der Waals surface area contributed by atoms with E-state index in [0.29, 0.717) is 31.5 Å². The van der Waals surface area contributed by atoms with Crippen molar-refractivity contribution < 1.29 is 14.3 Å². The summed E-state index contributed by atoms with van der Waals surface area (Å²) in [5, 5.41) is 4.26. The molecule has 0 N–H and O–H groups in total. The molecular weight excluding hydrogens is 336 g/mol. The summed E-state index contributed by atoms with van der Waals surface area (Å²) in [5.74, 6) is 0.940. The van der Waals surface area contributed by atoms with Gasteiger partial charge in [-0.2, -0.15) is 10.1 Å². The normalized spacial score (nSPS) is 10.6. The van der Waals surface area contributed by atoms with E-state index < -0.39 is 0 Å². The van der Waals surface area contributed by atoms with Gasteiger partial charge in [-0.25, -0.2) is 4.98 Å². The number of aromatic nitrogens is 4. The van der Waals surface area contributed by atoms with Crippen LogP contribution in [0.4, 0.5) is 0 Å². The number of aryl methyl sites for hydroxylation is 2. The molecule has 0 aliphatic heterocycles. The highest BCUT2D eigenvalue weighted by Crippen LogP contribution is 2.19. The standard InChI is InChI=1S/C17H25N4O3Si/c1-5-23-16(22)6-7-21-12-14(11-18-21)17-19-13(2)10-15(20-17)24-8-9-25(3)4/h10-12H,5-9H2,1-4H3/q+1. The zero-order chi connectivity index (χ0) is 18.2. The number of ether oxygens (including phenoxy) is 2. The lowest BCUT2D eigenvalue weighted by Crippen LogP contribution is -2.09. The van der Waals surface area contributed by atoms with Crippen molar-refractivity contribution in [3.8, 4) is 17.3 Å². The van der Waals surface area contributed by atoms with Crippen LogP contribution in [0.25, 0.3) is 11.4 Å². The number of rotatable bonds is 9. The van der Waals surface area contributed by atoms with Crippen LogP contribution in [0.15, 0.2) is 18.5 Å². The van der Waals surface area contributed by atoms with Crippen LogP contribution < -0.4 is 4.74 Å². The molecule has 2 aromatic rings. The third kappa shape index (κ3) is 6.30. The second-order valence-electron chi connectivity index (χ2n) is 6.02. The molecule has 0 unspecified atom stereocenters. The summed E-state index contributed by atoms with van der Waals surface area (Å²) in [5.41, 5.74) is 1.64. The Labute approximate surface area is 150 Å². The fourth-order valence-electron chi connectivity index (χ4n) is 2.14. The highest BCUT2D eigenvalue weighted by atomic mass is 28.3. The van der Waals surface area contributed by atoms with E-state index in [1.54, 1.807) is 17.8 Å². The van der Waals surface area contributed by atoms with E-state index in [-0.39, 0.29) is 21.2 Å². The first kappa shape index (κ1) is 19.1. The number of nitrogens with zero attached hydrogens (tertiary/aromatic N) is 4. The summed E-state index contributed by atoms with van der Waals surface area (Å²) in [7, 11) is -0.309. The van der Waals surface area contributed by atoms with Crippen molar-refractivity contribution in [2.24, 2.45) is 0 Å². The summed E-state index contributed by atoms with van der Waals surface area (Å²) in [6.07, 6.45) is 3.82. The first-order chi connectivity index (χ1) is 12.0. The first-order valence-corrected chi connectivity index (χ1v) is 11.1. The number of hydrogen-bond donors (Lipinski definition) is 0. The predicted molar refractivity (Wildman–Crippen MR) is 97.0 cm³/mol. The van der Waals surface area contributed by atoms with Gasteiger partial charge < -0.3 is 9.47 Å². The SMILES string of the molecule is CCOC(=O)CCn1cc(-c2nc(C)cc(OCC[Si+](C)C)n2)cn1. The maximum Gasteiger partial charge on any atom is 0.311 e. The molecule has 2 heterocycles. The van der Waals surface area contributed by atoms with Crippen molar-refractivity contribution in [3.05, 3.63) is 24.2 Å². The Bertz CT molecular complexity index is 703. The van der Waals surface area contributed by atoms with E-state index in [1.807, 2.05) is 19.2 Å². The van der Waals surface area contributed by atoms with Gasteiger partial charge in [-0.15, -0.1) is 0 Å². The van der Waals surface area contributed by atoms with Crippen molar-refractivity contribution in [1.82, 2.24) is 19.7 Å². The molecule has 0 aliphatic carbocycles. The molecule has 0 aromatic carbocycles. The van der Waals surface area contributed by atoms with Crippen LogP contribution in [0.2, 0.25) is 19.1 Å². The van der Waals surface area contributed by atoms with Crippen LogP contribution in [-0.4, -0.2) is 47.7 Å². The van der Waals surface area contributed by atoms with E-state index >= 15 is 0 Å². The van der Waals surface area contributed by atoms with Crippen LogP contribution in [0.1, 0.15) is 19.0 Å². The topological polar surface area (TPSA) is 79.1 Å². The maximum atomic E-state index is 11.4. The van der Waals surface area contributed by atoms with Crippen molar-refractivity contribution in [2.45, 2.75) is 46.0 Å². The average molecular weight is 361 g/mol. The van der Waals surface area contributed by atoms with Crippen LogP contribution in [-0.2, 0) is 16.1 Å². The molecule has 0 saturated carbocycles. The zero-order valence-electron chi connectivity index (χ0n) is 15.3. The Morgan fingerprint density at radius 3 is 2.84 bits per heavy atom. The second kappa shape index (κ2) is 9.31. The predicted octanol–water partition coefficient (Wildman–Crippen LogP) is 2.73. The molecule has 0 aliphatic rings. The molecule has 0 bridgehead atoms. The van der Waals surface area contributed by atoms with E-state index in [1.165, 1.54) is 0 Å². The molecule has 0 radical (unpaired) electrons. The minimum Gasteiger partial charge on any atom is -0.475 e. The maximum absolute atomic E-state index is 11.4. The van der Waals surface area contributed by atoms with Crippen LogP contribution in [0.5, 0.6) is 5.88 Å². The third-order valence-electron chi connectivity index (χ3n) is 3.42. The zero-order valence-corrected chi connectivity index (χ0v) is 16.3. The van der Waals surface area contributed by atoms with Crippen LogP contribution in [0.3, 0.4) is 0 Å². The van der Waals surface area contributed by atoms with Gasteiger partial charge in [0.05, 0.1) is 44.4 Å². The molecule has 0 atom stereocenters. The van der Waals surface area contributed by atoms with Gasteiger partial charge in [0.1, 0.15) is 12.7 Å². The summed E-state index contributed by atoms with van der Waals surface area (Å²) in [6.45, 7) is 9.76. The number of carbonyl (C=O) groups excluding carboxylic acids is 1. The summed E-state index contributed by atoms with van der Waals surface area (Å²) < 4.78 is 12.4. The molecule has 0 fully saturated rings. The third-order valence-corrected chi connectivity index (χ3v) is 4.63. The minimum atomic E-state index is -0.309. The van der Waals surface area contributed by atoms with E-state index in [2.05, 4.69) is 28.2 Å². The van der Waals surface area contributed by atoms with Gasteiger partial charge in [0.2, 0.25) is 5.88 Å². The van der Waals surface area contributed by atoms with Gasteiger partial charge in [-0.05, 0) is 13.8 Å². The lowest BCUT2D eigenvalue weighted by Gasteiger charge is -2.06. The molecule has 2 rings (SSSR count). The Morgan fingerprint density at radius 1 is 1.32 bits per heavy atom. The van der Waals surface area contributed by atoms with Crippen LogP contribution >= 0.6 is 0 Å². The summed E-state index contributed by atoms with van der Waals surface area (Å²) >= 11 is 0. The number of esters is 1. The molecule has 134 valence electrons. The lowest BCUT2D eigenvalue weighted by atomic mass is 10.3. The molecule has 2 aromatic heterocycles. The van der Waals surface area contributed by atoms with Crippen molar-refractivity contribution in [1.29, 1.82) is 0 Å². The van der Waals surface area contributed by atoms with E-state index in [0.717, 1.165) is 17.3 Å². The Balaban J connectivity index is 2.03. The molecule has 25 heavy (non-hydrogen) atoms. The van der Waals surface area contributed by atoms with Gasteiger partial charge in [-0.1, -0.05) is 0 Å². The van der Waals surface area contributed by atoms with E-state index in [9.17, 15) is 4.79 Å². The van der Waals surface area contributed by atoms with Gasteiger partial charge in [0.15, 0.2) is 5.82 Å². The fraction of sp³-hybridized carbons (Fsp3) is 0.529. The van der Waals surface area contributed by atoms with Gasteiger partial charge in [0.25, 0.3) is 0 Å². The highest BCUT2D eigenvalue weighted by molar-refractivity contribution is 6.55. The number of hydrogen-bond acceptors (Lipinski definition) is 6. The molecular formula is C17H25N4O3Si+. The largest absolute Gasteiger partial charge is 0.475 e. The van der Waals surface area contributed by atoms with Crippen molar-refractivity contribution in [2.75, 3.05) is 13.2 Å². The van der Waals surface area contributed by atoms with Gasteiger partial charge >= 0.3 is 14.8 Å². The van der Waals surface area contributed by atoms with Crippen LogP contribution in [0, 0.1) is 6.92 Å². The minimum absolute atomic E-state index is 0.227. The quantitative estimate of drug-likeness (QED) is 0.505. The van der Waals surface area contributed by atoms with Crippen molar-refractivity contribution in [3.63, 3.8) is 0 Å².